The number of carbonyl (C=O) groups excluding carboxylic acids is 2. The highest BCUT2D eigenvalue weighted by molar-refractivity contribution is 7.09. The molecule has 0 aliphatic heterocycles. The molecule has 0 atom stereocenters. The summed E-state index contributed by atoms with van der Waals surface area (Å²) < 4.78 is 0. The zero-order valence-electron chi connectivity index (χ0n) is 8.06. The lowest BCUT2D eigenvalue weighted by Crippen LogP contribution is -2.29. The van der Waals surface area contributed by atoms with Gasteiger partial charge in [-0.25, -0.2) is 5.48 Å². The first kappa shape index (κ1) is 11.7. The van der Waals surface area contributed by atoms with E-state index in [1.807, 2.05) is 17.5 Å². The number of thiophene rings is 1. The molecule has 0 saturated heterocycles. The summed E-state index contributed by atoms with van der Waals surface area (Å²) in [5.41, 5.74) is 6.96. The topological polar surface area (TPSA) is 81.4 Å². The number of rotatable bonds is 6. The van der Waals surface area contributed by atoms with Crippen LogP contribution in [-0.4, -0.2) is 18.4 Å². The molecule has 1 aromatic rings. The van der Waals surface area contributed by atoms with Crippen molar-refractivity contribution in [1.82, 2.24) is 5.48 Å². The molecule has 82 valence electrons. The normalized spacial score (nSPS) is 9.87. The Bertz CT molecular complexity index is 324. The number of hydrogen-bond donors (Lipinski definition) is 2. The van der Waals surface area contributed by atoms with Crippen LogP contribution in [0.5, 0.6) is 0 Å². The number of hydrogen-bond acceptors (Lipinski definition) is 4. The third-order valence-corrected chi connectivity index (χ3v) is 2.52. The van der Waals surface area contributed by atoms with Crippen molar-refractivity contribution < 1.29 is 14.4 Å². The van der Waals surface area contributed by atoms with Crippen molar-refractivity contribution in [3.05, 3.63) is 22.4 Å². The Balaban J connectivity index is 2.11. The second kappa shape index (κ2) is 6.15. The first-order chi connectivity index (χ1) is 7.18. The Morgan fingerprint density at radius 1 is 1.53 bits per heavy atom. The van der Waals surface area contributed by atoms with Crippen LogP contribution in [0.1, 0.15) is 11.3 Å². The molecule has 0 bridgehead atoms. The summed E-state index contributed by atoms with van der Waals surface area (Å²) in [6, 6.07) is 3.89. The largest absolute Gasteiger partial charge is 0.368 e. The lowest BCUT2D eigenvalue weighted by atomic mass is 10.2. The average molecular weight is 228 g/mol. The predicted octanol–water partition coefficient (Wildman–Crippen LogP) is 0.214. The second-order valence-electron chi connectivity index (χ2n) is 2.86. The molecule has 1 rings (SSSR count). The fourth-order valence-electron chi connectivity index (χ4n) is 0.930. The smallest absolute Gasteiger partial charge is 0.246 e. The minimum atomic E-state index is -0.617. The van der Waals surface area contributed by atoms with Crippen LogP contribution in [-0.2, 0) is 20.8 Å². The van der Waals surface area contributed by atoms with Crippen LogP contribution in [0.3, 0.4) is 0 Å². The molecule has 0 aromatic carbocycles. The number of amides is 2. The zero-order valence-corrected chi connectivity index (χ0v) is 8.88. The summed E-state index contributed by atoms with van der Waals surface area (Å²) in [5, 5.41) is 1.96. The van der Waals surface area contributed by atoms with Crippen molar-refractivity contribution in [1.29, 1.82) is 0 Å². The number of aryl methyl sites for hydroxylation is 1. The van der Waals surface area contributed by atoms with Gasteiger partial charge in [-0.2, -0.15) is 0 Å². The minimum absolute atomic E-state index is 0.260. The molecule has 1 aromatic heterocycles. The van der Waals surface area contributed by atoms with Gasteiger partial charge in [-0.3, -0.25) is 14.4 Å². The van der Waals surface area contributed by atoms with Gasteiger partial charge in [0.25, 0.3) is 0 Å². The molecule has 0 unspecified atom stereocenters. The van der Waals surface area contributed by atoms with E-state index in [1.54, 1.807) is 11.3 Å². The molecule has 0 spiro atoms. The molecule has 0 fully saturated rings. The molecular formula is C9H12N2O3S. The van der Waals surface area contributed by atoms with E-state index >= 15 is 0 Å². The number of nitrogens with two attached hydrogens (primary N) is 1. The van der Waals surface area contributed by atoms with E-state index in [9.17, 15) is 9.59 Å². The maximum atomic E-state index is 11.1. The van der Waals surface area contributed by atoms with E-state index in [1.165, 1.54) is 0 Å². The van der Waals surface area contributed by atoms with Crippen LogP contribution < -0.4 is 11.2 Å². The van der Waals surface area contributed by atoms with Gasteiger partial charge in [-0.05, 0) is 17.9 Å². The zero-order chi connectivity index (χ0) is 11.1. The standard InChI is InChI=1S/C9H12N2O3S/c10-8(12)6-14-11-9(13)4-3-7-2-1-5-15-7/h1-2,5H,3-4,6H2,(H2,10,12)(H,11,13). The fourth-order valence-corrected chi connectivity index (χ4v) is 1.64. The second-order valence-corrected chi connectivity index (χ2v) is 3.89. The summed E-state index contributed by atoms with van der Waals surface area (Å²) in [5.74, 6) is -0.877. The summed E-state index contributed by atoms with van der Waals surface area (Å²) in [7, 11) is 0. The van der Waals surface area contributed by atoms with Crippen molar-refractivity contribution in [3.63, 3.8) is 0 Å². The summed E-state index contributed by atoms with van der Waals surface area (Å²) in [4.78, 5) is 27.1. The third-order valence-electron chi connectivity index (χ3n) is 1.58. The van der Waals surface area contributed by atoms with E-state index in [0.29, 0.717) is 12.8 Å². The van der Waals surface area contributed by atoms with Crippen LogP contribution in [0, 0.1) is 0 Å². The number of primary amides is 1. The van der Waals surface area contributed by atoms with Crippen molar-refractivity contribution in [2.75, 3.05) is 6.61 Å². The van der Waals surface area contributed by atoms with Gasteiger partial charge in [0.2, 0.25) is 11.8 Å². The van der Waals surface area contributed by atoms with Gasteiger partial charge in [0.15, 0.2) is 6.61 Å². The van der Waals surface area contributed by atoms with E-state index < -0.39 is 5.91 Å². The predicted molar refractivity (Wildman–Crippen MR) is 55.9 cm³/mol. The fraction of sp³-hybridized carbons (Fsp3) is 0.333. The lowest BCUT2D eigenvalue weighted by molar-refractivity contribution is -0.137. The average Bonchev–Trinajstić information content (AvgIpc) is 2.66. The number of carbonyl (C=O) groups is 2. The highest BCUT2D eigenvalue weighted by Crippen LogP contribution is 2.10. The van der Waals surface area contributed by atoms with Gasteiger partial charge in [0.1, 0.15) is 0 Å². The maximum Gasteiger partial charge on any atom is 0.246 e. The molecule has 0 aliphatic carbocycles. The number of hydroxylamine groups is 1. The molecule has 3 N–H and O–H groups in total. The molecule has 5 nitrogen and oxygen atoms in total. The van der Waals surface area contributed by atoms with Gasteiger partial charge in [-0.15, -0.1) is 11.3 Å². The summed E-state index contributed by atoms with van der Waals surface area (Å²) >= 11 is 1.60. The van der Waals surface area contributed by atoms with Crippen molar-refractivity contribution in [3.8, 4) is 0 Å². The van der Waals surface area contributed by atoms with Crippen molar-refractivity contribution in [2.45, 2.75) is 12.8 Å². The Morgan fingerprint density at radius 3 is 2.93 bits per heavy atom. The summed E-state index contributed by atoms with van der Waals surface area (Å²) in [6.45, 7) is -0.301. The molecule has 0 saturated carbocycles. The Kier molecular flexibility index (Phi) is 4.79. The van der Waals surface area contributed by atoms with Crippen molar-refractivity contribution >= 4 is 23.2 Å². The Morgan fingerprint density at radius 2 is 2.33 bits per heavy atom. The van der Waals surface area contributed by atoms with Crippen LogP contribution >= 0.6 is 11.3 Å². The highest BCUT2D eigenvalue weighted by Gasteiger charge is 2.03. The van der Waals surface area contributed by atoms with Gasteiger partial charge >= 0.3 is 0 Å². The van der Waals surface area contributed by atoms with Crippen molar-refractivity contribution in [2.24, 2.45) is 5.73 Å². The molecule has 0 aliphatic rings. The first-order valence-electron chi connectivity index (χ1n) is 4.40. The summed E-state index contributed by atoms with van der Waals surface area (Å²) in [6.07, 6.45) is 1.00. The highest BCUT2D eigenvalue weighted by atomic mass is 32.1. The molecule has 6 heteroatoms. The van der Waals surface area contributed by atoms with Crippen LogP contribution in [0.25, 0.3) is 0 Å². The third kappa shape index (κ3) is 5.14. The van der Waals surface area contributed by atoms with Gasteiger partial charge in [0, 0.05) is 11.3 Å². The van der Waals surface area contributed by atoms with E-state index in [0.717, 1.165) is 4.88 Å². The van der Waals surface area contributed by atoms with E-state index in [-0.39, 0.29) is 12.5 Å². The monoisotopic (exact) mass is 228 g/mol. The number of nitrogens with one attached hydrogen (secondary N) is 1. The molecular weight excluding hydrogens is 216 g/mol. The van der Waals surface area contributed by atoms with Gasteiger partial charge < -0.3 is 5.73 Å². The van der Waals surface area contributed by atoms with Crippen LogP contribution in [0.4, 0.5) is 0 Å². The SMILES string of the molecule is NC(=O)CONC(=O)CCc1cccs1. The molecule has 1 heterocycles. The van der Waals surface area contributed by atoms with Gasteiger partial charge in [-0.1, -0.05) is 6.07 Å². The van der Waals surface area contributed by atoms with Crippen LogP contribution in [0.15, 0.2) is 17.5 Å². The van der Waals surface area contributed by atoms with Gasteiger partial charge in [0.05, 0.1) is 0 Å². The Hall–Kier alpha value is -1.40. The minimum Gasteiger partial charge on any atom is -0.368 e. The van der Waals surface area contributed by atoms with E-state index in [2.05, 4.69) is 10.3 Å². The molecule has 0 radical (unpaired) electrons. The quantitative estimate of drug-likeness (QED) is 0.683. The maximum absolute atomic E-state index is 11.1. The van der Waals surface area contributed by atoms with Crippen LogP contribution in [0.2, 0.25) is 0 Å². The lowest BCUT2D eigenvalue weighted by Gasteiger charge is -2.02. The Labute approximate surface area is 91.2 Å². The van der Waals surface area contributed by atoms with E-state index in [4.69, 9.17) is 5.73 Å². The first-order valence-corrected chi connectivity index (χ1v) is 5.28. The molecule has 15 heavy (non-hydrogen) atoms. The molecule has 2 amide bonds.